The lowest BCUT2D eigenvalue weighted by atomic mass is 9.99. The number of nitrogens with zero attached hydrogens (tertiary/aromatic N) is 2. The fraction of sp³-hybridized carbons (Fsp3) is 0.333. The molecule has 4 rings (SSSR count). The van der Waals surface area contributed by atoms with Crippen molar-refractivity contribution >= 4 is 28.5 Å². The number of fused-ring (bicyclic) bond motifs is 1. The average Bonchev–Trinajstić information content (AvgIpc) is 3.27. The maximum Gasteiger partial charge on any atom is 0.409 e. The molecule has 0 bridgehead atoms. The van der Waals surface area contributed by atoms with Gasteiger partial charge in [-0.05, 0) is 50.1 Å². The summed E-state index contributed by atoms with van der Waals surface area (Å²) in [6, 6.07) is 10.0. The van der Waals surface area contributed by atoms with E-state index in [0.29, 0.717) is 50.7 Å². The summed E-state index contributed by atoms with van der Waals surface area (Å²) in [7, 11) is 0. The van der Waals surface area contributed by atoms with Crippen LogP contribution in [0.1, 0.15) is 26.3 Å². The summed E-state index contributed by atoms with van der Waals surface area (Å²) < 4.78 is 30.1. The molecule has 1 aliphatic heterocycles. The van der Waals surface area contributed by atoms with Crippen molar-refractivity contribution in [3.63, 3.8) is 0 Å². The van der Waals surface area contributed by atoms with E-state index in [9.17, 15) is 14.0 Å². The zero-order valence-corrected chi connectivity index (χ0v) is 20.2. The maximum absolute atomic E-state index is 13.4. The molecule has 0 aliphatic carbocycles. The van der Waals surface area contributed by atoms with Gasteiger partial charge in [-0.2, -0.15) is 0 Å². The van der Waals surface area contributed by atoms with Crippen molar-refractivity contribution < 1.29 is 27.9 Å². The van der Waals surface area contributed by atoms with E-state index in [1.807, 2.05) is 26.0 Å². The van der Waals surface area contributed by atoms with E-state index < -0.39 is 0 Å². The van der Waals surface area contributed by atoms with Crippen LogP contribution in [-0.4, -0.2) is 61.2 Å². The van der Waals surface area contributed by atoms with Gasteiger partial charge in [0, 0.05) is 54.8 Å². The molecular weight excluding hydrogens is 451 g/mol. The first kappa shape index (κ1) is 24.3. The van der Waals surface area contributed by atoms with E-state index in [-0.39, 0.29) is 17.8 Å². The number of benzene rings is 2. The van der Waals surface area contributed by atoms with E-state index in [2.05, 4.69) is 0 Å². The minimum absolute atomic E-state index is 0.125. The fourth-order valence-corrected chi connectivity index (χ4v) is 4.17. The molecule has 0 unspecified atom stereocenters. The SMILES string of the molecule is CCOC(=O)N1CCN(C(=O)/C=C(\C)c2cc3c(-c4ccc(F)cc4)coc3cc2OCC)CC1. The Morgan fingerprint density at radius 2 is 1.71 bits per heavy atom. The van der Waals surface area contributed by atoms with Crippen molar-refractivity contribution in [1.82, 2.24) is 9.80 Å². The number of furan rings is 1. The second-order valence-corrected chi connectivity index (χ2v) is 8.27. The molecule has 0 atom stereocenters. The molecule has 35 heavy (non-hydrogen) atoms. The van der Waals surface area contributed by atoms with Crippen LogP contribution in [0.25, 0.3) is 27.7 Å². The number of allylic oxidation sites excluding steroid dienone is 1. The summed E-state index contributed by atoms with van der Waals surface area (Å²) in [6.45, 7) is 8.07. The minimum Gasteiger partial charge on any atom is -0.493 e. The number of ether oxygens (including phenoxy) is 2. The van der Waals surface area contributed by atoms with Crippen molar-refractivity contribution in [2.24, 2.45) is 0 Å². The largest absolute Gasteiger partial charge is 0.493 e. The van der Waals surface area contributed by atoms with E-state index >= 15 is 0 Å². The minimum atomic E-state index is -0.349. The van der Waals surface area contributed by atoms with E-state index in [0.717, 1.165) is 27.6 Å². The Morgan fingerprint density at radius 1 is 1.03 bits per heavy atom. The Balaban J connectivity index is 1.60. The molecule has 2 heterocycles. The average molecular weight is 481 g/mol. The summed E-state index contributed by atoms with van der Waals surface area (Å²) in [5, 5.41) is 0.846. The molecular formula is C27H29FN2O5. The monoisotopic (exact) mass is 480 g/mol. The van der Waals surface area contributed by atoms with Crippen molar-refractivity contribution in [3.8, 4) is 16.9 Å². The fourth-order valence-electron chi connectivity index (χ4n) is 4.17. The quantitative estimate of drug-likeness (QED) is 0.445. The molecule has 7 nitrogen and oxygen atoms in total. The molecule has 1 aromatic heterocycles. The number of carbonyl (C=O) groups excluding carboxylic acids is 2. The highest BCUT2D eigenvalue weighted by molar-refractivity contribution is 6.00. The highest BCUT2D eigenvalue weighted by Crippen LogP contribution is 2.37. The highest BCUT2D eigenvalue weighted by Gasteiger charge is 2.24. The Morgan fingerprint density at radius 3 is 2.37 bits per heavy atom. The lowest BCUT2D eigenvalue weighted by molar-refractivity contribution is -0.127. The lowest BCUT2D eigenvalue weighted by Crippen LogP contribution is -2.50. The lowest BCUT2D eigenvalue weighted by Gasteiger charge is -2.33. The van der Waals surface area contributed by atoms with Crippen LogP contribution in [0.5, 0.6) is 5.75 Å². The molecule has 2 aromatic carbocycles. The summed E-state index contributed by atoms with van der Waals surface area (Å²) >= 11 is 0. The zero-order valence-electron chi connectivity index (χ0n) is 20.2. The van der Waals surface area contributed by atoms with E-state index in [1.54, 1.807) is 41.2 Å². The molecule has 2 amide bonds. The molecule has 1 aliphatic rings. The van der Waals surface area contributed by atoms with Gasteiger partial charge in [0.25, 0.3) is 0 Å². The predicted octanol–water partition coefficient (Wildman–Crippen LogP) is 5.34. The summed E-state index contributed by atoms with van der Waals surface area (Å²) in [4.78, 5) is 28.3. The van der Waals surface area contributed by atoms with Crippen LogP contribution in [0.15, 0.2) is 53.2 Å². The summed E-state index contributed by atoms with van der Waals surface area (Å²) in [5.41, 5.74) is 3.84. The van der Waals surface area contributed by atoms with Crippen LogP contribution in [-0.2, 0) is 9.53 Å². The van der Waals surface area contributed by atoms with Crippen LogP contribution in [0, 0.1) is 5.82 Å². The first-order valence-electron chi connectivity index (χ1n) is 11.7. The third kappa shape index (κ3) is 5.31. The van der Waals surface area contributed by atoms with Gasteiger partial charge in [-0.25, -0.2) is 9.18 Å². The number of rotatable bonds is 6. The van der Waals surface area contributed by atoms with Crippen LogP contribution in [0.3, 0.4) is 0 Å². The van der Waals surface area contributed by atoms with Crippen LogP contribution < -0.4 is 4.74 Å². The molecule has 0 saturated carbocycles. The standard InChI is InChI=1S/C27H29FN2O5/c1-4-33-24-16-25-22(23(17-35-25)19-6-8-20(28)9-7-19)15-21(24)18(3)14-26(31)29-10-12-30(13-11-29)27(32)34-5-2/h6-9,14-17H,4-5,10-13H2,1-3H3/b18-14+. The molecule has 0 radical (unpaired) electrons. The van der Waals surface area contributed by atoms with Crippen molar-refractivity contribution in [1.29, 1.82) is 0 Å². The third-order valence-electron chi connectivity index (χ3n) is 6.01. The van der Waals surface area contributed by atoms with Gasteiger partial charge in [0.2, 0.25) is 5.91 Å². The van der Waals surface area contributed by atoms with Gasteiger partial charge < -0.3 is 23.7 Å². The number of hydrogen-bond donors (Lipinski definition) is 0. The number of carbonyl (C=O) groups is 2. The topological polar surface area (TPSA) is 72.2 Å². The van der Waals surface area contributed by atoms with E-state index in [4.69, 9.17) is 13.9 Å². The van der Waals surface area contributed by atoms with Crippen LogP contribution >= 0.6 is 0 Å². The van der Waals surface area contributed by atoms with Gasteiger partial charge in [0.15, 0.2) is 0 Å². The van der Waals surface area contributed by atoms with Gasteiger partial charge in [-0.3, -0.25) is 4.79 Å². The first-order valence-corrected chi connectivity index (χ1v) is 11.7. The molecule has 0 N–H and O–H groups in total. The van der Waals surface area contributed by atoms with Gasteiger partial charge >= 0.3 is 6.09 Å². The normalized spacial score (nSPS) is 14.3. The maximum atomic E-state index is 13.4. The number of piperazine rings is 1. The van der Waals surface area contributed by atoms with Crippen molar-refractivity contribution in [3.05, 3.63) is 60.1 Å². The third-order valence-corrected chi connectivity index (χ3v) is 6.01. The second kappa shape index (κ2) is 10.6. The second-order valence-electron chi connectivity index (χ2n) is 8.27. The van der Waals surface area contributed by atoms with E-state index in [1.165, 1.54) is 12.1 Å². The molecule has 184 valence electrons. The Hall–Kier alpha value is -3.81. The molecule has 3 aromatic rings. The summed E-state index contributed by atoms with van der Waals surface area (Å²) in [6.07, 6.45) is 2.89. The van der Waals surface area contributed by atoms with Crippen molar-refractivity contribution in [2.45, 2.75) is 20.8 Å². The smallest absolute Gasteiger partial charge is 0.409 e. The number of amides is 2. The van der Waals surface area contributed by atoms with Crippen LogP contribution in [0.2, 0.25) is 0 Å². The van der Waals surface area contributed by atoms with Gasteiger partial charge in [-0.1, -0.05) is 12.1 Å². The number of halogens is 1. The number of hydrogen-bond acceptors (Lipinski definition) is 5. The zero-order chi connectivity index (χ0) is 24.9. The first-order chi connectivity index (χ1) is 16.9. The van der Waals surface area contributed by atoms with Crippen LogP contribution in [0.4, 0.5) is 9.18 Å². The van der Waals surface area contributed by atoms with Gasteiger partial charge in [0.1, 0.15) is 17.1 Å². The Labute approximate surface area is 203 Å². The predicted molar refractivity (Wildman–Crippen MR) is 132 cm³/mol. The Bertz CT molecular complexity index is 1240. The molecule has 0 spiro atoms. The Kier molecular flexibility index (Phi) is 7.39. The summed E-state index contributed by atoms with van der Waals surface area (Å²) in [5.74, 6) is 0.189. The van der Waals surface area contributed by atoms with Gasteiger partial charge in [0.05, 0.1) is 19.5 Å². The molecule has 8 heteroatoms. The van der Waals surface area contributed by atoms with Crippen molar-refractivity contribution in [2.75, 3.05) is 39.4 Å². The molecule has 1 fully saturated rings. The molecule has 1 saturated heterocycles. The van der Waals surface area contributed by atoms with Gasteiger partial charge in [-0.15, -0.1) is 0 Å². The highest BCUT2D eigenvalue weighted by atomic mass is 19.1.